The van der Waals surface area contributed by atoms with Crippen molar-refractivity contribution in [3.63, 3.8) is 0 Å². The lowest BCUT2D eigenvalue weighted by molar-refractivity contribution is -0.136. The minimum absolute atomic E-state index is 0.0581. The van der Waals surface area contributed by atoms with Gasteiger partial charge >= 0.3 is 5.97 Å². The molecule has 0 saturated carbocycles. The first-order chi connectivity index (χ1) is 7.47. The number of hydrogen-bond acceptors (Lipinski definition) is 3. The average molecular weight is 291 g/mol. The van der Waals surface area contributed by atoms with Gasteiger partial charge in [0.15, 0.2) is 0 Å². The Kier molecular flexibility index (Phi) is 3.90. The van der Waals surface area contributed by atoms with Crippen LogP contribution in [0.25, 0.3) is 0 Å². The minimum Gasteiger partial charge on any atom is -0.481 e. The van der Waals surface area contributed by atoms with Gasteiger partial charge in [0.05, 0.1) is 12.0 Å². The fraction of sp³-hybridized carbons (Fsp3) is 0.222. The van der Waals surface area contributed by atoms with Crippen LogP contribution in [0, 0.1) is 11.3 Å². The maximum absolute atomic E-state index is 12.4. The van der Waals surface area contributed by atoms with E-state index in [2.05, 4.69) is 20.9 Å². The Morgan fingerprint density at radius 2 is 2.31 bits per heavy atom. The van der Waals surface area contributed by atoms with Crippen LogP contribution in [0.4, 0.5) is 8.78 Å². The molecule has 0 aliphatic rings. The highest BCUT2D eigenvalue weighted by Crippen LogP contribution is 2.28. The Balaban J connectivity index is 3.30. The number of hydrogen-bond donors (Lipinski definition) is 1. The van der Waals surface area contributed by atoms with E-state index in [1.807, 2.05) is 0 Å². The topological polar surface area (TPSA) is 74.0 Å². The number of alkyl halides is 2. The van der Waals surface area contributed by atoms with Crippen LogP contribution < -0.4 is 0 Å². The molecular formula is C9H5BrF2N2O2. The Bertz CT molecular complexity index is 471. The summed E-state index contributed by atoms with van der Waals surface area (Å²) < 4.78 is 24.9. The third kappa shape index (κ3) is 2.52. The van der Waals surface area contributed by atoms with E-state index in [-0.39, 0.29) is 22.0 Å². The number of nitrogens with zero attached hydrogens (tertiary/aromatic N) is 2. The van der Waals surface area contributed by atoms with Crippen molar-refractivity contribution in [2.75, 3.05) is 0 Å². The lowest BCUT2D eigenvalue weighted by atomic mass is 10.1. The van der Waals surface area contributed by atoms with E-state index in [0.29, 0.717) is 0 Å². The summed E-state index contributed by atoms with van der Waals surface area (Å²) in [5.41, 5.74) is -0.786. The average Bonchev–Trinajstić information content (AvgIpc) is 2.19. The van der Waals surface area contributed by atoms with Crippen molar-refractivity contribution in [2.45, 2.75) is 12.8 Å². The quantitative estimate of drug-likeness (QED) is 0.927. The number of carboxylic acid groups (broad SMARTS) is 1. The summed E-state index contributed by atoms with van der Waals surface area (Å²) in [5, 5.41) is 17.3. The number of aromatic nitrogens is 1. The predicted molar refractivity (Wildman–Crippen MR) is 52.9 cm³/mol. The molecule has 1 rings (SSSR count). The second-order valence-corrected chi connectivity index (χ2v) is 3.63. The molecule has 0 amide bonds. The van der Waals surface area contributed by atoms with Crippen LogP contribution in [0.5, 0.6) is 0 Å². The van der Waals surface area contributed by atoms with Gasteiger partial charge in [-0.1, -0.05) is 0 Å². The van der Waals surface area contributed by atoms with Crippen molar-refractivity contribution >= 4 is 21.9 Å². The molecule has 16 heavy (non-hydrogen) atoms. The first-order valence-corrected chi connectivity index (χ1v) is 4.84. The molecule has 0 bridgehead atoms. The summed E-state index contributed by atoms with van der Waals surface area (Å²) in [6.07, 6.45) is -2.23. The monoisotopic (exact) mass is 290 g/mol. The number of rotatable bonds is 3. The van der Waals surface area contributed by atoms with Gasteiger partial charge in [0, 0.05) is 10.7 Å². The van der Waals surface area contributed by atoms with Gasteiger partial charge in [0.2, 0.25) is 0 Å². The molecule has 0 atom stereocenters. The summed E-state index contributed by atoms with van der Waals surface area (Å²) >= 11 is 2.93. The molecular weight excluding hydrogens is 286 g/mol. The molecule has 84 valence electrons. The van der Waals surface area contributed by atoms with Gasteiger partial charge in [-0.3, -0.25) is 9.78 Å². The third-order valence-electron chi connectivity index (χ3n) is 1.78. The zero-order valence-electron chi connectivity index (χ0n) is 7.75. The number of carboxylic acids is 1. The van der Waals surface area contributed by atoms with Crippen LogP contribution >= 0.6 is 15.9 Å². The van der Waals surface area contributed by atoms with Gasteiger partial charge in [0.1, 0.15) is 11.8 Å². The molecule has 0 aliphatic carbocycles. The van der Waals surface area contributed by atoms with E-state index < -0.39 is 18.1 Å². The Labute approximate surface area is 97.7 Å². The van der Waals surface area contributed by atoms with E-state index in [1.165, 1.54) is 0 Å². The van der Waals surface area contributed by atoms with Gasteiger partial charge in [-0.2, -0.15) is 5.26 Å². The van der Waals surface area contributed by atoms with Crippen LogP contribution in [0.3, 0.4) is 0 Å². The van der Waals surface area contributed by atoms with Crippen molar-refractivity contribution in [1.29, 1.82) is 5.26 Å². The fourth-order valence-electron chi connectivity index (χ4n) is 1.10. The molecule has 0 aliphatic heterocycles. The second-order valence-electron chi connectivity index (χ2n) is 2.84. The minimum atomic E-state index is -2.87. The second kappa shape index (κ2) is 4.99. The molecule has 1 aromatic heterocycles. The largest absolute Gasteiger partial charge is 0.481 e. The fourth-order valence-corrected chi connectivity index (χ4v) is 1.63. The van der Waals surface area contributed by atoms with Crippen LogP contribution in [0.15, 0.2) is 10.7 Å². The molecule has 1 aromatic rings. The van der Waals surface area contributed by atoms with Gasteiger partial charge < -0.3 is 5.11 Å². The summed E-state index contributed by atoms with van der Waals surface area (Å²) in [7, 11) is 0. The van der Waals surface area contributed by atoms with E-state index in [9.17, 15) is 13.6 Å². The summed E-state index contributed by atoms with van der Waals surface area (Å²) in [4.78, 5) is 13.9. The number of pyridine rings is 1. The summed E-state index contributed by atoms with van der Waals surface area (Å²) in [5.74, 6) is -1.13. The van der Waals surface area contributed by atoms with Gasteiger partial charge in [-0.25, -0.2) is 8.78 Å². The smallest absolute Gasteiger partial charge is 0.307 e. The highest BCUT2D eigenvalue weighted by Gasteiger charge is 2.20. The summed E-state index contributed by atoms with van der Waals surface area (Å²) in [6, 6.07) is 1.58. The Hall–Kier alpha value is -1.55. The highest BCUT2D eigenvalue weighted by molar-refractivity contribution is 9.10. The van der Waals surface area contributed by atoms with Crippen molar-refractivity contribution < 1.29 is 18.7 Å². The van der Waals surface area contributed by atoms with E-state index in [0.717, 1.165) is 6.20 Å². The van der Waals surface area contributed by atoms with E-state index >= 15 is 0 Å². The normalized spacial score (nSPS) is 10.2. The SMILES string of the molecule is N#Cc1c(C(F)F)ncc(CC(=O)O)c1Br. The molecule has 1 N–H and O–H groups in total. The molecule has 0 radical (unpaired) electrons. The molecule has 4 nitrogen and oxygen atoms in total. The van der Waals surface area contributed by atoms with Crippen LogP contribution in [0.1, 0.15) is 23.2 Å². The van der Waals surface area contributed by atoms with Crippen molar-refractivity contribution in [3.8, 4) is 6.07 Å². The van der Waals surface area contributed by atoms with Crippen molar-refractivity contribution in [3.05, 3.63) is 27.5 Å². The molecule has 0 fully saturated rings. The third-order valence-corrected chi connectivity index (χ3v) is 2.68. The van der Waals surface area contributed by atoms with Crippen molar-refractivity contribution in [1.82, 2.24) is 4.98 Å². The number of carbonyl (C=O) groups is 1. The van der Waals surface area contributed by atoms with Crippen LogP contribution in [-0.2, 0) is 11.2 Å². The maximum Gasteiger partial charge on any atom is 0.307 e. The zero-order chi connectivity index (χ0) is 12.3. The number of aliphatic carboxylic acids is 1. The first kappa shape index (κ1) is 12.5. The Morgan fingerprint density at radius 3 is 2.75 bits per heavy atom. The lowest BCUT2D eigenvalue weighted by Crippen LogP contribution is -2.05. The number of nitriles is 1. The van der Waals surface area contributed by atoms with Crippen molar-refractivity contribution in [2.24, 2.45) is 0 Å². The Morgan fingerprint density at radius 1 is 1.69 bits per heavy atom. The molecule has 1 heterocycles. The lowest BCUT2D eigenvalue weighted by Gasteiger charge is -2.07. The molecule has 7 heteroatoms. The highest BCUT2D eigenvalue weighted by atomic mass is 79.9. The van der Waals surface area contributed by atoms with Gasteiger partial charge in [-0.15, -0.1) is 0 Å². The predicted octanol–water partition coefficient (Wildman–Crippen LogP) is 2.28. The standard InChI is InChI=1S/C9H5BrF2N2O2/c10-7-4(1-6(15)16)3-14-8(9(11)12)5(7)2-13/h3,9H,1H2,(H,15,16). The first-order valence-electron chi connectivity index (χ1n) is 4.04. The van der Waals surface area contributed by atoms with Gasteiger partial charge in [-0.05, 0) is 21.5 Å². The molecule has 0 unspecified atom stereocenters. The van der Waals surface area contributed by atoms with Crippen LogP contribution in [-0.4, -0.2) is 16.1 Å². The molecule has 0 saturated heterocycles. The number of halogens is 3. The van der Waals surface area contributed by atoms with E-state index in [1.54, 1.807) is 6.07 Å². The van der Waals surface area contributed by atoms with E-state index in [4.69, 9.17) is 10.4 Å². The van der Waals surface area contributed by atoms with Crippen LogP contribution in [0.2, 0.25) is 0 Å². The summed E-state index contributed by atoms with van der Waals surface area (Å²) in [6.45, 7) is 0. The maximum atomic E-state index is 12.4. The zero-order valence-corrected chi connectivity index (χ0v) is 9.33. The van der Waals surface area contributed by atoms with Gasteiger partial charge in [0.25, 0.3) is 6.43 Å². The molecule has 0 aromatic carbocycles. The molecule has 0 spiro atoms.